The summed E-state index contributed by atoms with van der Waals surface area (Å²) in [5, 5.41) is 2.42. The normalized spacial score (nSPS) is 15.0. The van der Waals surface area contributed by atoms with E-state index < -0.39 is 17.6 Å². The minimum Gasteiger partial charge on any atom is -0.378 e. The summed E-state index contributed by atoms with van der Waals surface area (Å²) in [5.41, 5.74) is 4.84. The number of carbonyl (C=O) groups is 2. The second-order valence-electron chi connectivity index (χ2n) is 5.65. The molecule has 0 radical (unpaired) electrons. The highest BCUT2D eigenvalue weighted by Crippen LogP contribution is 2.32. The highest BCUT2D eigenvalue weighted by atomic mass is 32.2. The Kier molecular flexibility index (Phi) is 7.30. The smallest absolute Gasteiger partial charge is 0.378 e. The van der Waals surface area contributed by atoms with Crippen molar-refractivity contribution in [3.8, 4) is 0 Å². The molecular weight excluding hydrogens is 371 g/mol. The number of ether oxygens (including phenoxy) is 1. The van der Waals surface area contributed by atoms with E-state index in [2.05, 4.69) is 5.32 Å². The predicted molar refractivity (Wildman–Crippen MR) is 92.7 cm³/mol. The molecule has 1 heterocycles. The van der Waals surface area contributed by atoms with Gasteiger partial charge in [0.2, 0.25) is 11.8 Å². The van der Waals surface area contributed by atoms with Crippen molar-refractivity contribution in [1.82, 2.24) is 4.90 Å². The molecule has 1 aliphatic heterocycles. The molecule has 0 aliphatic carbocycles. The summed E-state index contributed by atoms with van der Waals surface area (Å²) in [4.78, 5) is 25.6. The lowest BCUT2D eigenvalue weighted by molar-refractivity contribution is -0.137. The molecule has 0 spiro atoms. The fraction of sp³-hybridized carbons (Fsp3) is 0.500. The number of rotatable bonds is 6. The Labute approximate surface area is 153 Å². The van der Waals surface area contributed by atoms with Crippen molar-refractivity contribution in [2.45, 2.75) is 12.7 Å². The van der Waals surface area contributed by atoms with Crippen molar-refractivity contribution in [2.24, 2.45) is 5.73 Å². The number of hydrogen-bond acceptors (Lipinski definition) is 5. The molecule has 1 saturated heterocycles. The first-order chi connectivity index (χ1) is 12.3. The fourth-order valence-corrected chi connectivity index (χ4v) is 3.09. The standard InChI is InChI=1S/C16H20F3N3O3S/c17-16(18,19)12-5-11(8-20)6-13(7-12)21-14(23)9-26-10-15(24)22-1-3-25-4-2-22/h5-7H,1-4,8-10,20H2,(H,21,23). The van der Waals surface area contributed by atoms with Gasteiger partial charge in [-0.05, 0) is 23.8 Å². The number of carbonyl (C=O) groups excluding carboxylic acids is 2. The van der Waals surface area contributed by atoms with E-state index >= 15 is 0 Å². The Balaban J connectivity index is 1.86. The topological polar surface area (TPSA) is 84.7 Å². The number of benzene rings is 1. The van der Waals surface area contributed by atoms with Crippen molar-refractivity contribution in [3.63, 3.8) is 0 Å². The Bertz CT molecular complexity index is 649. The molecule has 0 unspecified atom stereocenters. The van der Waals surface area contributed by atoms with Gasteiger partial charge < -0.3 is 20.7 Å². The van der Waals surface area contributed by atoms with Gasteiger partial charge in [0.05, 0.1) is 30.3 Å². The number of amides is 2. The van der Waals surface area contributed by atoms with Gasteiger partial charge in [-0.3, -0.25) is 9.59 Å². The molecule has 2 amide bonds. The molecule has 10 heteroatoms. The Morgan fingerprint density at radius 2 is 1.88 bits per heavy atom. The maximum absolute atomic E-state index is 12.9. The van der Waals surface area contributed by atoms with E-state index in [4.69, 9.17) is 10.5 Å². The number of halogens is 3. The molecule has 1 aromatic rings. The van der Waals surface area contributed by atoms with Gasteiger partial charge in [-0.15, -0.1) is 11.8 Å². The number of morpholine rings is 1. The fourth-order valence-electron chi connectivity index (χ4n) is 2.38. The van der Waals surface area contributed by atoms with Gasteiger partial charge >= 0.3 is 6.18 Å². The van der Waals surface area contributed by atoms with Gasteiger partial charge in [-0.1, -0.05) is 0 Å². The van der Waals surface area contributed by atoms with Crippen molar-refractivity contribution in [2.75, 3.05) is 43.1 Å². The van der Waals surface area contributed by atoms with E-state index in [0.29, 0.717) is 26.3 Å². The number of nitrogens with zero attached hydrogens (tertiary/aromatic N) is 1. The number of nitrogens with one attached hydrogen (secondary N) is 1. The highest BCUT2D eigenvalue weighted by molar-refractivity contribution is 8.00. The SMILES string of the molecule is NCc1cc(NC(=O)CSCC(=O)N2CCOCC2)cc(C(F)(F)F)c1. The summed E-state index contributed by atoms with van der Waals surface area (Å²) < 4.78 is 43.8. The monoisotopic (exact) mass is 391 g/mol. The van der Waals surface area contributed by atoms with Crippen molar-refractivity contribution in [1.29, 1.82) is 0 Å². The lowest BCUT2D eigenvalue weighted by Gasteiger charge is -2.26. The lowest BCUT2D eigenvalue weighted by Crippen LogP contribution is -2.41. The molecule has 0 saturated carbocycles. The van der Waals surface area contributed by atoms with Crippen LogP contribution in [0, 0.1) is 0 Å². The second-order valence-corrected chi connectivity index (χ2v) is 6.64. The molecule has 1 aliphatic rings. The summed E-state index contributed by atoms with van der Waals surface area (Å²) in [6, 6.07) is 3.21. The van der Waals surface area contributed by atoms with E-state index in [9.17, 15) is 22.8 Å². The van der Waals surface area contributed by atoms with Crippen LogP contribution >= 0.6 is 11.8 Å². The first-order valence-corrected chi connectivity index (χ1v) is 9.09. The van der Waals surface area contributed by atoms with Gasteiger partial charge in [0.25, 0.3) is 0 Å². The minimum atomic E-state index is -4.52. The average molecular weight is 391 g/mol. The molecule has 0 aromatic heterocycles. The second kappa shape index (κ2) is 9.24. The summed E-state index contributed by atoms with van der Waals surface area (Å²) in [5.74, 6) is -0.475. The van der Waals surface area contributed by atoms with Gasteiger partial charge in [0.15, 0.2) is 0 Å². The van der Waals surface area contributed by atoms with Crippen LogP contribution in [0.5, 0.6) is 0 Å². The van der Waals surface area contributed by atoms with Crippen LogP contribution in [0.3, 0.4) is 0 Å². The van der Waals surface area contributed by atoms with Crippen molar-refractivity contribution in [3.05, 3.63) is 29.3 Å². The van der Waals surface area contributed by atoms with E-state index in [0.717, 1.165) is 23.9 Å². The van der Waals surface area contributed by atoms with E-state index in [1.54, 1.807) is 4.90 Å². The Morgan fingerprint density at radius 1 is 1.19 bits per heavy atom. The molecule has 3 N–H and O–H groups in total. The maximum Gasteiger partial charge on any atom is 0.416 e. The molecule has 144 valence electrons. The summed E-state index contributed by atoms with van der Waals surface area (Å²) in [6.45, 7) is 1.97. The van der Waals surface area contributed by atoms with E-state index in [1.165, 1.54) is 6.07 Å². The first-order valence-electron chi connectivity index (χ1n) is 7.94. The quantitative estimate of drug-likeness (QED) is 0.771. The molecule has 1 fully saturated rings. The summed E-state index contributed by atoms with van der Waals surface area (Å²) >= 11 is 1.11. The molecule has 26 heavy (non-hydrogen) atoms. The van der Waals surface area contributed by atoms with Crippen LogP contribution in [0.4, 0.5) is 18.9 Å². The zero-order valence-corrected chi connectivity index (χ0v) is 14.8. The third-order valence-corrected chi connectivity index (χ3v) is 4.58. The molecule has 0 atom stereocenters. The summed E-state index contributed by atoms with van der Waals surface area (Å²) in [6.07, 6.45) is -4.52. The zero-order chi connectivity index (χ0) is 19.2. The Hall–Kier alpha value is -1.78. The number of hydrogen-bond donors (Lipinski definition) is 2. The first kappa shape index (κ1) is 20.5. The molecular formula is C16H20F3N3O3S. The van der Waals surface area contributed by atoms with Crippen LogP contribution in [0.2, 0.25) is 0 Å². The predicted octanol–water partition coefficient (Wildman–Crippen LogP) is 1.69. The number of nitrogens with two attached hydrogens (primary N) is 1. The van der Waals surface area contributed by atoms with E-state index in [-0.39, 0.29) is 35.2 Å². The summed E-state index contributed by atoms with van der Waals surface area (Å²) in [7, 11) is 0. The lowest BCUT2D eigenvalue weighted by atomic mass is 10.1. The van der Waals surface area contributed by atoms with Crippen molar-refractivity contribution < 1.29 is 27.5 Å². The van der Waals surface area contributed by atoms with Crippen LogP contribution in [0.15, 0.2) is 18.2 Å². The number of anilines is 1. The molecule has 1 aromatic carbocycles. The van der Waals surface area contributed by atoms with E-state index in [1.807, 2.05) is 0 Å². The third kappa shape index (κ3) is 6.19. The van der Waals surface area contributed by atoms with Crippen LogP contribution in [-0.4, -0.2) is 54.5 Å². The van der Waals surface area contributed by atoms with Gasteiger partial charge in [-0.2, -0.15) is 13.2 Å². The number of thioether (sulfide) groups is 1. The van der Waals surface area contributed by atoms with Crippen LogP contribution in [0.25, 0.3) is 0 Å². The molecule has 6 nitrogen and oxygen atoms in total. The average Bonchev–Trinajstić information content (AvgIpc) is 2.61. The highest BCUT2D eigenvalue weighted by Gasteiger charge is 2.31. The van der Waals surface area contributed by atoms with Crippen molar-refractivity contribution >= 4 is 29.3 Å². The molecule has 0 bridgehead atoms. The molecule has 2 rings (SSSR count). The van der Waals surface area contributed by atoms with Gasteiger partial charge in [0, 0.05) is 25.3 Å². The van der Waals surface area contributed by atoms with Crippen LogP contribution in [0.1, 0.15) is 11.1 Å². The third-order valence-electron chi connectivity index (χ3n) is 3.66. The largest absolute Gasteiger partial charge is 0.416 e. The minimum absolute atomic E-state index is 0.0328. The van der Waals surface area contributed by atoms with Crippen LogP contribution in [-0.2, 0) is 27.0 Å². The Morgan fingerprint density at radius 3 is 2.50 bits per heavy atom. The van der Waals surface area contributed by atoms with Crippen LogP contribution < -0.4 is 11.1 Å². The maximum atomic E-state index is 12.9. The van der Waals surface area contributed by atoms with Gasteiger partial charge in [-0.25, -0.2) is 0 Å². The number of alkyl halides is 3. The zero-order valence-electron chi connectivity index (χ0n) is 14.0. The van der Waals surface area contributed by atoms with Gasteiger partial charge in [0.1, 0.15) is 0 Å².